The van der Waals surface area contributed by atoms with Gasteiger partial charge in [-0.15, -0.1) is 11.3 Å². The average molecular weight is 290 g/mol. The smallest absolute Gasteiger partial charge is 0.181 e. The molecule has 6 heteroatoms. The molecule has 3 N–H and O–H groups in total. The van der Waals surface area contributed by atoms with Gasteiger partial charge in [0, 0.05) is 18.5 Å². The van der Waals surface area contributed by atoms with Gasteiger partial charge >= 0.3 is 0 Å². The highest BCUT2D eigenvalue weighted by molar-refractivity contribution is 7.22. The highest BCUT2D eigenvalue weighted by Crippen LogP contribution is 2.24. The minimum Gasteiger partial charge on any atom is -0.375 e. The van der Waals surface area contributed by atoms with Crippen molar-refractivity contribution in [2.75, 3.05) is 5.73 Å². The van der Waals surface area contributed by atoms with Crippen LogP contribution in [0.2, 0.25) is 0 Å². The number of hydrogen-bond donors (Lipinski definition) is 2. The monoisotopic (exact) mass is 290 g/mol. The second kappa shape index (κ2) is 5.24. The lowest BCUT2D eigenvalue weighted by Gasteiger charge is -2.03. The number of rotatable bonds is 4. The highest BCUT2D eigenvalue weighted by atomic mass is 32.1. The first-order chi connectivity index (χ1) is 9.20. The Kier molecular flexibility index (Phi) is 3.46. The molecule has 0 spiro atoms. The van der Waals surface area contributed by atoms with Crippen molar-refractivity contribution in [1.29, 1.82) is 0 Å². The van der Waals surface area contributed by atoms with Crippen LogP contribution < -0.4 is 11.1 Å². The summed E-state index contributed by atoms with van der Waals surface area (Å²) in [6.45, 7) is 3.65. The van der Waals surface area contributed by atoms with E-state index in [1.54, 1.807) is 11.3 Å². The van der Waals surface area contributed by atoms with E-state index < -0.39 is 0 Å². The molecule has 0 atom stereocenters. The van der Waals surface area contributed by atoms with Crippen molar-refractivity contribution in [2.45, 2.75) is 20.0 Å². The maximum atomic E-state index is 5.70. The Labute approximate surface area is 119 Å². The van der Waals surface area contributed by atoms with Crippen molar-refractivity contribution >= 4 is 38.0 Å². The Morgan fingerprint density at radius 2 is 2.16 bits per heavy atom. The molecule has 2 aromatic heterocycles. The van der Waals surface area contributed by atoms with Gasteiger partial charge in [-0.05, 0) is 24.6 Å². The zero-order chi connectivity index (χ0) is 13.2. The van der Waals surface area contributed by atoms with Crippen molar-refractivity contribution in [1.82, 2.24) is 15.3 Å². The molecule has 0 saturated heterocycles. The van der Waals surface area contributed by atoms with E-state index in [1.165, 1.54) is 16.9 Å². The summed E-state index contributed by atoms with van der Waals surface area (Å²) in [5.41, 5.74) is 9.02. The minimum absolute atomic E-state index is 0.623. The highest BCUT2D eigenvalue weighted by Gasteiger charge is 2.03. The Bertz CT molecular complexity index is 702. The van der Waals surface area contributed by atoms with Crippen LogP contribution in [-0.4, -0.2) is 9.97 Å². The third-order valence-corrected chi connectivity index (χ3v) is 4.44. The van der Waals surface area contributed by atoms with E-state index in [1.807, 2.05) is 13.0 Å². The molecule has 0 aliphatic carbocycles. The second-order valence-electron chi connectivity index (χ2n) is 4.32. The van der Waals surface area contributed by atoms with Gasteiger partial charge in [-0.3, -0.25) is 0 Å². The Hall–Kier alpha value is -1.50. The van der Waals surface area contributed by atoms with Crippen molar-refractivity contribution < 1.29 is 0 Å². The first-order valence-corrected chi connectivity index (χ1v) is 7.67. The molecular formula is C13H14N4S2. The van der Waals surface area contributed by atoms with E-state index in [-0.39, 0.29) is 0 Å². The van der Waals surface area contributed by atoms with E-state index >= 15 is 0 Å². The van der Waals surface area contributed by atoms with Crippen molar-refractivity contribution in [3.63, 3.8) is 0 Å². The van der Waals surface area contributed by atoms with Gasteiger partial charge in [0.05, 0.1) is 20.9 Å². The number of thiazole rings is 2. The van der Waals surface area contributed by atoms with Crippen LogP contribution in [0.25, 0.3) is 10.2 Å². The number of benzene rings is 1. The maximum absolute atomic E-state index is 5.70. The number of aryl methyl sites for hydroxylation is 1. The molecule has 0 unspecified atom stereocenters. The fourth-order valence-electron chi connectivity index (χ4n) is 1.92. The largest absolute Gasteiger partial charge is 0.375 e. The second-order valence-corrected chi connectivity index (χ2v) is 6.44. The number of nitrogens with one attached hydrogen (secondary N) is 1. The van der Waals surface area contributed by atoms with Gasteiger partial charge in [0.15, 0.2) is 5.13 Å². The van der Waals surface area contributed by atoms with E-state index in [0.29, 0.717) is 5.13 Å². The standard InChI is InChI=1S/C13H14N4S2/c1-8-16-10(7-18-8)6-15-5-9-2-3-11-12(4-9)19-13(14)17-11/h2-4,7,15H,5-6H2,1H3,(H2,14,17). The number of hydrogen-bond acceptors (Lipinski definition) is 6. The fourth-order valence-corrected chi connectivity index (χ4v) is 3.33. The molecule has 0 aliphatic heterocycles. The van der Waals surface area contributed by atoms with Gasteiger partial charge in [-0.1, -0.05) is 17.4 Å². The summed E-state index contributed by atoms with van der Waals surface area (Å²) in [6, 6.07) is 6.25. The molecular weight excluding hydrogens is 276 g/mol. The number of nitrogens with zero attached hydrogens (tertiary/aromatic N) is 2. The third kappa shape index (κ3) is 2.91. The quantitative estimate of drug-likeness (QED) is 0.775. The fraction of sp³-hybridized carbons (Fsp3) is 0.231. The number of anilines is 1. The molecule has 0 amide bonds. The van der Waals surface area contributed by atoms with Gasteiger partial charge in [-0.2, -0.15) is 0 Å². The molecule has 2 heterocycles. The van der Waals surface area contributed by atoms with Crippen LogP contribution >= 0.6 is 22.7 Å². The Morgan fingerprint density at radius 1 is 1.26 bits per heavy atom. The molecule has 3 aromatic rings. The zero-order valence-corrected chi connectivity index (χ0v) is 12.1. The zero-order valence-electron chi connectivity index (χ0n) is 10.5. The summed E-state index contributed by atoms with van der Waals surface area (Å²) < 4.78 is 1.14. The van der Waals surface area contributed by atoms with E-state index in [2.05, 4.69) is 32.8 Å². The molecule has 0 bridgehead atoms. The van der Waals surface area contributed by atoms with E-state index in [9.17, 15) is 0 Å². The Balaban J connectivity index is 1.64. The lowest BCUT2D eigenvalue weighted by atomic mass is 10.2. The van der Waals surface area contributed by atoms with Crippen LogP contribution in [0.4, 0.5) is 5.13 Å². The first kappa shape index (κ1) is 12.5. The normalized spacial score (nSPS) is 11.2. The van der Waals surface area contributed by atoms with E-state index in [0.717, 1.165) is 34.0 Å². The van der Waals surface area contributed by atoms with Gasteiger partial charge in [0.25, 0.3) is 0 Å². The van der Waals surface area contributed by atoms with Gasteiger partial charge in [0.1, 0.15) is 0 Å². The summed E-state index contributed by atoms with van der Waals surface area (Å²) in [4.78, 5) is 8.68. The molecule has 0 fully saturated rings. The summed E-state index contributed by atoms with van der Waals surface area (Å²) in [5.74, 6) is 0. The lowest BCUT2D eigenvalue weighted by Crippen LogP contribution is -2.12. The van der Waals surface area contributed by atoms with Crippen molar-refractivity contribution in [2.24, 2.45) is 0 Å². The van der Waals surface area contributed by atoms with Gasteiger partial charge in [-0.25, -0.2) is 9.97 Å². The third-order valence-electron chi connectivity index (χ3n) is 2.77. The first-order valence-electron chi connectivity index (χ1n) is 5.97. The van der Waals surface area contributed by atoms with Gasteiger partial charge in [0.2, 0.25) is 0 Å². The summed E-state index contributed by atoms with van der Waals surface area (Å²) >= 11 is 3.21. The Morgan fingerprint density at radius 3 is 2.95 bits per heavy atom. The van der Waals surface area contributed by atoms with Crippen LogP contribution in [0.5, 0.6) is 0 Å². The molecule has 0 saturated carbocycles. The predicted molar refractivity (Wildman–Crippen MR) is 81.4 cm³/mol. The number of aromatic nitrogens is 2. The molecule has 4 nitrogen and oxygen atoms in total. The summed E-state index contributed by atoms with van der Waals surface area (Å²) in [6.07, 6.45) is 0. The number of nitrogens with two attached hydrogens (primary N) is 1. The molecule has 19 heavy (non-hydrogen) atoms. The lowest BCUT2D eigenvalue weighted by molar-refractivity contribution is 0.682. The van der Waals surface area contributed by atoms with Crippen LogP contribution in [-0.2, 0) is 13.1 Å². The van der Waals surface area contributed by atoms with Crippen LogP contribution in [0, 0.1) is 6.92 Å². The van der Waals surface area contributed by atoms with Crippen molar-refractivity contribution in [3.05, 3.63) is 39.8 Å². The molecule has 0 aliphatic rings. The minimum atomic E-state index is 0.623. The summed E-state index contributed by atoms with van der Waals surface area (Å²) in [5, 5.41) is 7.23. The number of fused-ring (bicyclic) bond motifs is 1. The molecule has 0 radical (unpaired) electrons. The molecule has 3 rings (SSSR count). The number of nitrogen functional groups attached to an aromatic ring is 1. The average Bonchev–Trinajstić information content (AvgIpc) is 2.94. The van der Waals surface area contributed by atoms with Crippen LogP contribution in [0.3, 0.4) is 0 Å². The molecule has 98 valence electrons. The topological polar surface area (TPSA) is 63.8 Å². The SMILES string of the molecule is Cc1nc(CNCc2ccc3nc(N)sc3c2)cs1. The van der Waals surface area contributed by atoms with Gasteiger partial charge < -0.3 is 11.1 Å². The maximum Gasteiger partial charge on any atom is 0.181 e. The summed E-state index contributed by atoms with van der Waals surface area (Å²) in [7, 11) is 0. The van der Waals surface area contributed by atoms with Crippen LogP contribution in [0.15, 0.2) is 23.6 Å². The van der Waals surface area contributed by atoms with Crippen molar-refractivity contribution in [3.8, 4) is 0 Å². The van der Waals surface area contributed by atoms with Crippen LogP contribution in [0.1, 0.15) is 16.3 Å². The predicted octanol–water partition coefficient (Wildman–Crippen LogP) is 2.93. The molecule has 1 aromatic carbocycles. The van der Waals surface area contributed by atoms with E-state index in [4.69, 9.17) is 5.73 Å².